The van der Waals surface area contributed by atoms with Crippen molar-refractivity contribution in [3.8, 4) is 5.82 Å². The molecule has 9 heteroatoms. The first-order valence-electron chi connectivity index (χ1n) is 7.77. The molecule has 0 spiro atoms. The summed E-state index contributed by atoms with van der Waals surface area (Å²) in [7, 11) is 3.06. The number of hydrogen-bond donors (Lipinski definition) is 2. The average molecular weight is 383 g/mol. The number of rotatable bonds is 9. The van der Waals surface area contributed by atoms with E-state index >= 15 is 0 Å². The van der Waals surface area contributed by atoms with E-state index in [1.807, 2.05) is 37.5 Å². The predicted octanol–water partition coefficient (Wildman–Crippen LogP) is 2.98. The molecule has 2 aromatic heterocycles. The number of amides is 1. The highest BCUT2D eigenvalue weighted by Crippen LogP contribution is 2.22. The van der Waals surface area contributed by atoms with Gasteiger partial charge in [-0.15, -0.1) is 0 Å². The Morgan fingerprint density at radius 1 is 1.24 bits per heavy atom. The van der Waals surface area contributed by atoms with E-state index in [0.717, 1.165) is 17.1 Å². The number of aryl methyl sites for hydroxylation is 2. The van der Waals surface area contributed by atoms with E-state index < -0.39 is 5.97 Å². The van der Waals surface area contributed by atoms with Gasteiger partial charge < -0.3 is 14.9 Å². The first-order chi connectivity index (χ1) is 11.9. The van der Waals surface area contributed by atoms with Gasteiger partial charge in [-0.1, -0.05) is 26.7 Å². The van der Waals surface area contributed by atoms with Gasteiger partial charge in [0, 0.05) is 35.5 Å². The minimum atomic E-state index is -0.793. The lowest BCUT2D eigenvalue weighted by Gasteiger charge is -2.06. The van der Waals surface area contributed by atoms with Crippen molar-refractivity contribution in [2.45, 2.75) is 27.2 Å². The molecule has 0 aliphatic heterocycles. The SMILES string of the molecule is Cc1cc(-n2c(C)cc(C(=O)NCCSSCCC(=O)O)c2C)no1. The topological polar surface area (TPSA) is 97.4 Å². The summed E-state index contributed by atoms with van der Waals surface area (Å²) in [6.07, 6.45) is 0.150. The molecule has 0 aromatic carbocycles. The fraction of sp³-hybridized carbons (Fsp3) is 0.438. The number of nitrogens with zero attached hydrogens (tertiary/aromatic N) is 2. The molecule has 0 radical (unpaired) electrons. The molecule has 1 amide bonds. The largest absolute Gasteiger partial charge is 0.481 e. The van der Waals surface area contributed by atoms with Gasteiger partial charge in [-0.05, 0) is 26.8 Å². The minimum Gasteiger partial charge on any atom is -0.481 e. The van der Waals surface area contributed by atoms with Crippen LogP contribution in [-0.2, 0) is 4.79 Å². The molecule has 0 saturated carbocycles. The van der Waals surface area contributed by atoms with Crippen LogP contribution in [0.2, 0.25) is 0 Å². The number of carbonyl (C=O) groups excluding carboxylic acids is 1. The highest BCUT2D eigenvalue weighted by Gasteiger charge is 2.18. The van der Waals surface area contributed by atoms with Gasteiger partial charge in [-0.25, -0.2) is 0 Å². The molecule has 0 atom stereocenters. The second kappa shape index (κ2) is 9.00. The maximum Gasteiger partial charge on any atom is 0.304 e. The van der Waals surface area contributed by atoms with Gasteiger partial charge in [0.15, 0.2) is 5.82 Å². The normalized spacial score (nSPS) is 10.8. The minimum absolute atomic E-state index is 0.129. The lowest BCUT2D eigenvalue weighted by Crippen LogP contribution is -2.26. The Balaban J connectivity index is 1.87. The molecule has 0 bridgehead atoms. The zero-order chi connectivity index (χ0) is 18.4. The summed E-state index contributed by atoms with van der Waals surface area (Å²) in [6, 6.07) is 3.66. The summed E-state index contributed by atoms with van der Waals surface area (Å²) in [4.78, 5) is 22.8. The maximum absolute atomic E-state index is 12.4. The zero-order valence-electron chi connectivity index (χ0n) is 14.4. The summed E-state index contributed by atoms with van der Waals surface area (Å²) in [5, 5.41) is 15.5. The van der Waals surface area contributed by atoms with Gasteiger partial charge in [0.05, 0.1) is 12.0 Å². The third-order valence-electron chi connectivity index (χ3n) is 3.47. The molecule has 7 nitrogen and oxygen atoms in total. The standard InChI is InChI=1S/C16H21N3O4S2/c1-10-8-13(12(3)19(10)14-9-11(2)23-18-14)16(22)17-5-7-25-24-6-4-15(20)21/h8-9H,4-7H2,1-3H3,(H,17,22)(H,20,21). The molecule has 2 aromatic rings. The summed E-state index contributed by atoms with van der Waals surface area (Å²) >= 11 is 0. The first kappa shape index (κ1) is 19.5. The van der Waals surface area contributed by atoms with E-state index in [2.05, 4.69) is 10.5 Å². The van der Waals surface area contributed by atoms with Gasteiger partial charge in [-0.3, -0.25) is 14.2 Å². The van der Waals surface area contributed by atoms with E-state index in [9.17, 15) is 9.59 Å². The highest BCUT2D eigenvalue weighted by atomic mass is 33.1. The third kappa shape index (κ3) is 5.30. The smallest absolute Gasteiger partial charge is 0.304 e. The Morgan fingerprint density at radius 2 is 1.96 bits per heavy atom. The van der Waals surface area contributed by atoms with E-state index in [4.69, 9.17) is 9.63 Å². The van der Waals surface area contributed by atoms with Crippen LogP contribution < -0.4 is 5.32 Å². The Morgan fingerprint density at radius 3 is 2.60 bits per heavy atom. The quantitative estimate of drug-likeness (QED) is 0.507. The van der Waals surface area contributed by atoms with Crippen LogP contribution in [0, 0.1) is 20.8 Å². The van der Waals surface area contributed by atoms with Crippen molar-refractivity contribution >= 4 is 33.5 Å². The van der Waals surface area contributed by atoms with Crippen LogP contribution in [0.5, 0.6) is 0 Å². The monoisotopic (exact) mass is 383 g/mol. The zero-order valence-corrected chi connectivity index (χ0v) is 16.0. The fourth-order valence-electron chi connectivity index (χ4n) is 2.35. The molecule has 25 heavy (non-hydrogen) atoms. The summed E-state index contributed by atoms with van der Waals surface area (Å²) in [6.45, 7) is 6.14. The molecule has 0 aliphatic rings. The lowest BCUT2D eigenvalue weighted by atomic mass is 10.2. The van der Waals surface area contributed by atoms with Crippen LogP contribution in [0.3, 0.4) is 0 Å². The fourth-order valence-corrected chi connectivity index (χ4v) is 4.24. The van der Waals surface area contributed by atoms with Crippen LogP contribution in [0.1, 0.15) is 33.9 Å². The van der Waals surface area contributed by atoms with Crippen molar-refractivity contribution in [3.63, 3.8) is 0 Å². The van der Waals surface area contributed by atoms with Crippen molar-refractivity contribution < 1.29 is 19.2 Å². The van der Waals surface area contributed by atoms with E-state index in [1.165, 1.54) is 10.8 Å². The molecule has 0 saturated heterocycles. The van der Waals surface area contributed by atoms with Gasteiger partial charge in [-0.2, -0.15) is 0 Å². The van der Waals surface area contributed by atoms with Crippen LogP contribution in [0.4, 0.5) is 0 Å². The number of aromatic nitrogens is 2. The number of carbonyl (C=O) groups is 2. The van der Waals surface area contributed by atoms with Crippen molar-refractivity contribution in [1.82, 2.24) is 15.0 Å². The number of hydrogen-bond acceptors (Lipinski definition) is 6. The first-order valence-corrected chi connectivity index (χ1v) is 10.3. The Labute approximate surface area is 153 Å². The Hall–Kier alpha value is -1.87. The summed E-state index contributed by atoms with van der Waals surface area (Å²) in [5.74, 6) is 1.74. The van der Waals surface area contributed by atoms with Crippen LogP contribution in [0.25, 0.3) is 5.82 Å². The summed E-state index contributed by atoms with van der Waals surface area (Å²) < 4.78 is 7.00. The van der Waals surface area contributed by atoms with Gasteiger partial charge in [0.25, 0.3) is 5.91 Å². The van der Waals surface area contributed by atoms with Crippen molar-refractivity contribution in [3.05, 3.63) is 34.8 Å². The van der Waals surface area contributed by atoms with E-state index in [-0.39, 0.29) is 12.3 Å². The van der Waals surface area contributed by atoms with Gasteiger partial charge in [0.1, 0.15) is 5.76 Å². The molecule has 2 heterocycles. The molecule has 0 unspecified atom stereocenters. The van der Waals surface area contributed by atoms with Crippen LogP contribution in [-0.4, -0.2) is 44.8 Å². The number of carboxylic acid groups (broad SMARTS) is 1. The van der Waals surface area contributed by atoms with Gasteiger partial charge in [0.2, 0.25) is 0 Å². The van der Waals surface area contributed by atoms with E-state index in [1.54, 1.807) is 10.8 Å². The molecule has 2 N–H and O–H groups in total. The third-order valence-corrected chi connectivity index (χ3v) is 5.88. The summed E-state index contributed by atoms with van der Waals surface area (Å²) in [5.41, 5.74) is 2.34. The predicted molar refractivity (Wildman–Crippen MR) is 99.5 cm³/mol. The van der Waals surface area contributed by atoms with Gasteiger partial charge >= 0.3 is 5.97 Å². The Bertz CT molecular complexity index is 755. The highest BCUT2D eigenvalue weighted by molar-refractivity contribution is 8.76. The van der Waals surface area contributed by atoms with Crippen LogP contribution in [0.15, 0.2) is 16.7 Å². The molecular formula is C16H21N3O4S2. The average Bonchev–Trinajstić information content (AvgIpc) is 3.09. The number of aliphatic carboxylic acids is 1. The number of carboxylic acids is 1. The van der Waals surface area contributed by atoms with Crippen molar-refractivity contribution in [2.75, 3.05) is 18.1 Å². The van der Waals surface area contributed by atoms with Crippen molar-refractivity contribution in [2.24, 2.45) is 0 Å². The second-order valence-electron chi connectivity index (χ2n) is 5.46. The van der Waals surface area contributed by atoms with E-state index in [0.29, 0.717) is 29.4 Å². The lowest BCUT2D eigenvalue weighted by molar-refractivity contribution is -0.136. The molecule has 136 valence electrons. The molecule has 0 fully saturated rings. The maximum atomic E-state index is 12.4. The Kier molecular flexibility index (Phi) is 7.01. The molecular weight excluding hydrogens is 362 g/mol. The van der Waals surface area contributed by atoms with Crippen molar-refractivity contribution in [1.29, 1.82) is 0 Å². The molecule has 2 rings (SSSR count). The molecule has 0 aliphatic carbocycles. The van der Waals surface area contributed by atoms with Crippen LogP contribution >= 0.6 is 21.6 Å². The number of nitrogens with one attached hydrogen (secondary N) is 1. The second-order valence-corrected chi connectivity index (χ2v) is 8.16.